The van der Waals surface area contributed by atoms with E-state index in [0.29, 0.717) is 125 Å². The molecule has 0 rings (SSSR count). The molecule has 0 aliphatic rings. The van der Waals surface area contributed by atoms with Crippen LogP contribution in [0.1, 0.15) is 68.7 Å². The van der Waals surface area contributed by atoms with Gasteiger partial charge in [0.1, 0.15) is 12.9 Å². The fraction of sp³-hybridized carbons (Fsp3) is 0.968. The minimum absolute atomic E-state index is 0.0332. The molecule has 0 aromatic rings. The summed E-state index contributed by atoms with van der Waals surface area (Å²) >= 11 is 0. The van der Waals surface area contributed by atoms with Crippen molar-refractivity contribution in [2.45, 2.75) is 89.9 Å². The summed E-state index contributed by atoms with van der Waals surface area (Å²) in [6.07, 6.45) is 1.63. The lowest BCUT2D eigenvalue weighted by Crippen LogP contribution is -2.53. The number of aldehydes is 1. The maximum Gasteiger partial charge on any atom is 0.322 e. The maximum atomic E-state index is 10.1. The van der Waals surface area contributed by atoms with Crippen LogP contribution in [0.25, 0.3) is 0 Å². The van der Waals surface area contributed by atoms with E-state index in [1.54, 1.807) is 0 Å². The van der Waals surface area contributed by atoms with Gasteiger partial charge in [0.25, 0.3) is 0 Å². The number of ether oxygens (including phenoxy) is 8. The summed E-state index contributed by atoms with van der Waals surface area (Å²) in [5.41, 5.74) is 0. The monoisotopic (exact) mass is 696 g/mol. The van der Waals surface area contributed by atoms with Gasteiger partial charge in [0.05, 0.1) is 92.5 Å². The molecule has 0 fully saturated rings. The Hall–Kier alpha value is -0.0794. The lowest BCUT2D eigenvalue weighted by molar-refractivity contribution is -0.112. The molecule has 14 heteroatoms. The van der Waals surface area contributed by atoms with Crippen LogP contribution in [-0.4, -0.2) is 140 Å². The molecular formula is C31H64O11Si3. The van der Waals surface area contributed by atoms with E-state index < -0.39 is 8.56 Å². The van der Waals surface area contributed by atoms with Crippen LogP contribution in [0.3, 0.4) is 0 Å². The summed E-state index contributed by atoms with van der Waals surface area (Å²) in [4.78, 5) is 10.1. The van der Waals surface area contributed by atoms with E-state index in [0.717, 1.165) is 12.5 Å². The summed E-state index contributed by atoms with van der Waals surface area (Å²) < 4.78 is 57.2. The zero-order valence-electron chi connectivity index (χ0n) is 29.8. The Morgan fingerprint density at radius 2 is 0.756 bits per heavy atom. The molecule has 0 amide bonds. The molecule has 0 aliphatic heterocycles. The van der Waals surface area contributed by atoms with Gasteiger partial charge in [-0.2, -0.15) is 0 Å². The largest absolute Gasteiger partial charge is 0.435 e. The fourth-order valence-electron chi connectivity index (χ4n) is 3.35. The second kappa shape index (κ2) is 26.8. The zero-order valence-corrected chi connectivity index (χ0v) is 32.8. The van der Waals surface area contributed by atoms with E-state index in [1.165, 1.54) is 0 Å². The van der Waals surface area contributed by atoms with E-state index in [4.69, 9.17) is 46.1 Å². The molecule has 0 bridgehead atoms. The Bertz CT molecular complexity index is 665. The SMILES string of the molecule is CC(C)(C)[Si]O[Si](CCCOCCOCCOCCOCCOCCOCCOCCOCC=O)(O[Si]C(C)(C)C)C(C)(C)C. The van der Waals surface area contributed by atoms with Gasteiger partial charge >= 0.3 is 8.56 Å². The average molecular weight is 697 g/mol. The summed E-state index contributed by atoms with van der Waals surface area (Å²) in [5, 5.41) is 0.194. The van der Waals surface area contributed by atoms with Gasteiger partial charge in [-0.1, -0.05) is 62.3 Å². The first kappa shape index (κ1) is 44.9. The lowest BCUT2D eigenvalue weighted by atomic mass is 10.2. The Kier molecular flexibility index (Phi) is 26.8. The Balaban J connectivity index is 3.75. The van der Waals surface area contributed by atoms with Crippen LogP contribution in [0, 0.1) is 0 Å². The van der Waals surface area contributed by atoms with E-state index >= 15 is 0 Å². The molecule has 11 nitrogen and oxygen atoms in total. The third-order valence-corrected chi connectivity index (χ3v) is 13.7. The topological polar surface area (TPSA) is 109 Å². The van der Waals surface area contributed by atoms with Crippen LogP contribution in [0.4, 0.5) is 0 Å². The van der Waals surface area contributed by atoms with Crippen molar-refractivity contribution in [1.82, 2.24) is 0 Å². The molecule has 0 aromatic carbocycles. The minimum atomic E-state index is -2.48. The minimum Gasteiger partial charge on any atom is -0.435 e. The summed E-state index contributed by atoms with van der Waals surface area (Å²) in [6.45, 7) is 27.9. The quantitative estimate of drug-likeness (QED) is 0.0574. The molecule has 0 spiro atoms. The van der Waals surface area contributed by atoms with Crippen molar-refractivity contribution < 1.29 is 50.9 Å². The van der Waals surface area contributed by atoms with Crippen molar-refractivity contribution >= 4 is 34.4 Å². The smallest absolute Gasteiger partial charge is 0.322 e. The van der Waals surface area contributed by atoms with Crippen LogP contribution < -0.4 is 0 Å². The number of hydrogen-bond acceptors (Lipinski definition) is 11. The summed E-state index contributed by atoms with van der Waals surface area (Å²) in [5.74, 6) is 0. The third-order valence-electron chi connectivity index (χ3n) is 5.77. The highest BCUT2D eigenvalue weighted by Gasteiger charge is 2.49. The van der Waals surface area contributed by atoms with E-state index in [9.17, 15) is 4.79 Å². The fourth-order valence-corrected chi connectivity index (χ4v) is 12.3. The molecule has 0 N–H and O–H groups in total. The van der Waals surface area contributed by atoms with Crippen LogP contribution in [0.2, 0.25) is 21.2 Å². The van der Waals surface area contributed by atoms with Gasteiger partial charge < -0.3 is 50.9 Å². The van der Waals surface area contributed by atoms with Gasteiger partial charge in [-0.15, -0.1) is 0 Å². The Morgan fingerprint density at radius 1 is 0.467 bits per heavy atom. The third kappa shape index (κ3) is 28.6. The van der Waals surface area contributed by atoms with Gasteiger partial charge in [-0.3, -0.25) is 0 Å². The van der Waals surface area contributed by atoms with Crippen molar-refractivity contribution in [3.05, 3.63) is 0 Å². The molecule has 45 heavy (non-hydrogen) atoms. The molecule has 0 aromatic heterocycles. The first-order valence-corrected chi connectivity index (χ1v) is 20.0. The molecular weight excluding hydrogens is 633 g/mol. The second-order valence-corrected chi connectivity index (χ2v) is 22.1. The van der Waals surface area contributed by atoms with Crippen LogP contribution >= 0.6 is 0 Å². The molecule has 0 saturated carbocycles. The molecule has 0 atom stereocenters. The molecule has 0 aliphatic carbocycles. The van der Waals surface area contributed by atoms with Gasteiger partial charge in [0.15, 0.2) is 0 Å². The molecule has 266 valence electrons. The molecule has 4 radical (unpaired) electrons. The van der Waals surface area contributed by atoms with Gasteiger partial charge in [-0.25, -0.2) is 0 Å². The normalized spacial score (nSPS) is 13.1. The summed E-state index contributed by atoms with van der Waals surface area (Å²) in [6, 6.07) is 0.915. The predicted molar refractivity (Wildman–Crippen MR) is 181 cm³/mol. The van der Waals surface area contributed by atoms with Gasteiger partial charge in [-0.05, 0) is 22.5 Å². The van der Waals surface area contributed by atoms with Crippen molar-refractivity contribution in [1.29, 1.82) is 0 Å². The number of hydrogen-bond donors (Lipinski definition) is 0. The molecule has 0 heterocycles. The standard InChI is InChI=1S/C31H64O11Si3/c1-29(2,3)43-41-45(31(7,8)9,42-44-30(4,5)6)28-10-12-33-14-16-35-18-20-37-22-24-39-26-27-40-25-23-38-21-19-36-17-15-34-13-11-32/h11H,10,12-28H2,1-9H3. The maximum absolute atomic E-state index is 10.1. The number of carbonyl (C=O) groups excluding carboxylic acids is 1. The number of carbonyl (C=O) groups is 1. The highest BCUT2D eigenvalue weighted by Crippen LogP contribution is 2.43. The Labute approximate surface area is 280 Å². The zero-order chi connectivity index (χ0) is 33.9. The van der Waals surface area contributed by atoms with Crippen molar-refractivity contribution in [3.63, 3.8) is 0 Å². The van der Waals surface area contributed by atoms with E-state index in [2.05, 4.69) is 62.3 Å². The number of rotatable bonds is 31. The second-order valence-electron chi connectivity index (χ2n) is 13.5. The summed E-state index contributed by atoms with van der Waals surface area (Å²) in [7, 11) is -1.66. The van der Waals surface area contributed by atoms with Gasteiger partial charge in [0, 0.05) is 11.6 Å². The molecule has 0 unspecified atom stereocenters. The molecule has 0 saturated heterocycles. The van der Waals surface area contributed by atoms with Crippen molar-refractivity contribution in [3.8, 4) is 0 Å². The van der Waals surface area contributed by atoms with Gasteiger partial charge in [0.2, 0.25) is 19.5 Å². The lowest BCUT2D eigenvalue weighted by Gasteiger charge is -2.44. The van der Waals surface area contributed by atoms with E-state index in [-0.39, 0.29) is 21.7 Å². The highest BCUT2D eigenvalue weighted by molar-refractivity contribution is 6.78. The van der Waals surface area contributed by atoms with E-state index in [1.807, 2.05) is 0 Å². The van der Waals surface area contributed by atoms with Crippen LogP contribution in [-0.2, 0) is 50.9 Å². The first-order chi connectivity index (χ1) is 21.2. The van der Waals surface area contributed by atoms with Crippen LogP contribution in [0.5, 0.6) is 0 Å². The first-order valence-electron chi connectivity index (χ1n) is 16.2. The van der Waals surface area contributed by atoms with Crippen molar-refractivity contribution in [2.75, 3.05) is 106 Å². The predicted octanol–water partition coefficient (Wildman–Crippen LogP) is 4.66. The highest BCUT2D eigenvalue weighted by atomic mass is 28.4. The Morgan fingerprint density at radius 3 is 1.02 bits per heavy atom. The van der Waals surface area contributed by atoms with Crippen molar-refractivity contribution in [2.24, 2.45) is 0 Å². The average Bonchev–Trinajstić information content (AvgIpc) is 2.94. The van der Waals surface area contributed by atoms with Crippen LogP contribution in [0.15, 0.2) is 0 Å².